The minimum Gasteiger partial charge on any atom is -0.414 e. The summed E-state index contributed by atoms with van der Waals surface area (Å²) in [6.07, 6.45) is 9.59. The summed E-state index contributed by atoms with van der Waals surface area (Å²) in [5.41, 5.74) is 7.03. The quantitative estimate of drug-likeness (QED) is 0.105. The Morgan fingerprint density at radius 3 is 1.84 bits per heavy atom. The molecule has 1 atom stereocenters. The molecular weight excluding hydrogens is 566 g/mol. The van der Waals surface area contributed by atoms with Gasteiger partial charge in [-0.1, -0.05) is 118 Å². The number of nitrogens with zero attached hydrogens (tertiary/aromatic N) is 3. The molecule has 4 nitrogen and oxygen atoms in total. The highest BCUT2D eigenvalue weighted by atomic mass is 35.5. The van der Waals surface area contributed by atoms with E-state index in [0.717, 1.165) is 52.5 Å². The van der Waals surface area contributed by atoms with Crippen LogP contribution in [0.4, 0.5) is 0 Å². The van der Waals surface area contributed by atoms with Gasteiger partial charge in [-0.25, -0.2) is 9.97 Å². The van der Waals surface area contributed by atoms with E-state index in [0.29, 0.717) is 0 Å². The van der Waals surface area contributed by atoms with E-state index in [2.05, 4.69) is 147 Å². The van der Waals surface area contributed by atoms with Crippen LogP contribution < -0.4 is 0 Å². The van der Waals surface area contributed by atoms with Crippen LogP contribution in [0.25, 0.3) is 16.6 Å². The molecule has 43 heavy (non-hydrogen) atoms. The highest BCUT2D eigenvalue weighted by Gasteiger charge is 2.41. The third-order valence-corrected chi connectivity index (χ3v) is 14.1. The summed E-state index contributed by atoms with van der Waals surface area (Å²) in [6, 6.07) is 32.2. The minimum absolute atomic E-state index is 0.188. The number of rotatable bonds is 7. The summed E-state index contributed by atoms with van der Waals surface area (Å²) in [7, 11) is -1.85. The largest absolute Gasteiger partial charge is 0.414 e. The summed E-state index contributed by atoms with van der Waals surface area (Å²) in [4.78, 5) is 9.34. The van der Waals surface area contributed by atoms with Crippen LogP contribution in [0.3, 0.4) is 0 Å². The predicted molar refractivity (Wildman–Crippen MR) is 181 cm³/mol. The summed E-state index contributed by atoms with van der Waals surface area (Å²) in [6.45, 7) is 11.6. The van der Waals surface area contributed by atoms with E-state index in [1.165, 1.54) is 5.57 Å². The van der Waals surface area contributed by atoms with Gasteiger partial charge in [0.05, 0.1) is 11.7 Å². The van der Waals surface area contributed by atoms with E-state index >= 15 is 0 Å². The molecule has 3 aromatic carbocycles. The molecule has 6 rings (SSSR count). The Bertz CT molecular complexity index is 1640. The van der Waals surface area contributed by atoms with Gasteiger partial charge in [-0.3, -0.25) is 0 Å². The molecule has 0 spiro atoms. The van der Waals surface area contributed by atoms with E-state index in [9.17, 15) is 0 Å². The van der Waals surface area contributed by atoms with Crippen molar-refractivity contribution in [2.75, 3.05) is 0 Å². The lowest BCUT2D eigenvalue weighted by molar-refractivity contribution is 0.172. The molecule has 2 heterocycles. The minimum atomic E-state index is -1.85. The standard InChI is InChI=1S/C37H40ClN3OSi/c1-36(2,3)43(4,5)42-31-23-21-27(22-24-31)32-26-41(33-25-39-35(38)40-34(32)33)37(28-15-9-6-10-16-28,29-17-11-7-12-18-29)30-19-13-8-14-20-30/h6-21,25-26,31H,22-24H2,1-5H3. The van der Waals surface area contributed by atoms with Crippen LogP contribution in [-0.2, 0) is 9.96 Å². The van der Waals surface area contributed by atoms with Crippen LogP contribution in [0, 0.1) is 0 Å². The van der Waals surface area contributed by atoms with Crippen molar-refractivity contribution in [3.63, 3.8) is 0 Å². The van der Waals surface area contributed by atoms with Gasteiger partial charge in [0.2, 0.25) is 5.28 Å². The lowest BCUT2D eigenvalue weighted by Crippen LogP contribution is -2.44. The van der Waals surface area contributed by atoms with Gasteiger partial charge in [-0.15, -0.1) is 0 Å². The highest BCUT2D eigenvalue weighted by Crippen LogP contribution is 2.45. The first kappa shape index (κ1) is 29.6. The van der Waals surface area contributed by atoms with Gasteiger partial charge in [0.1, 0.15) is 11.1 Å². The second-order valence-corrected chi connectivity index (χ2v) is 18.2. The Morgan fingerprint density at radius 2 is 1.37 bits per heavy atom. The van der Waals surface area contributed by atoms with Crippen LogP contribution in [0.2, 0.25) is 23.4 Å². The molecule has 0 radical (unpaired) electrons. The average Bonchev–Trinajstić information content (AvgIpc) is 3.37. The molecule has 0 saturated carbocycles. The molecule has 220 valence electrons. The zero-order valence-electron chi connectivity index (χ0n) is 25.7. The molecule has 0 amide bonds. The van der Waals surface area contributed by atoms with Crippen LogP contribution in [-0.4, -0.2) is 29.0 Å². The number of allylic oxidation sites excluding steroid dienone is 1. The number of hydrogen-bond acceptors (Lipinski definition) is 3. The Balaban J connectivity index is 1.55. The van der Waals surface area contributed by atoms with Gasteiger partial charge in [-0.2, -0.15) is 0 Å². The SMILES string of the molecule is CC(C)(C)[Si](C)(C)OC1CC=C(c2cn(C(c3ccccc3)(c3ccccc3)c3ccccc3)c3cnc(Cl)nc23)CC1. The molecule has 0 fully saturated rings. The van der Waals surface area contributed by atoms with Crippen molar-refractivity contribution in [2.45, 2.75) is 69.8 Å². The topological polar surface area (TPSA) is 39.9 Å². The van der Waals surface area contributed by atoms with Crippen molar-refractivity contribution in [3.8, 4) is 0 Å². The van der Waals surface area contributed by atoms with Crippen molar-refractivity contribution < 1.29 is 4.43 Å². The monoisotopic (exact) mass is 605 g/mol. The van der Waals surface area contributed by atoms with Crippen molar-refractivity contribution in [2.24, 2.45) is 0 Å². The van der Waals surface area contributed by atoms with E-state index in [1.54, 1.807) is 0 Å². The fourth-order valence-corrected chi connectivity index (χ4v) is 7.75. The predicted octanol–water partition coefficient (Wildman–Crippen LogP) is 9.88. The summed E-state index contributed by atoms with van der Waals surface area (Å²) in [5.74, 6) is 0. The second kappa shape index (κ2) is 11.5. The fourth-order valence-electron chi connectivity index (χ4n) is 6.21. The summed E-state index contributed by atoms with van der Waals surface area (Å²) in [5, 5.41) is 0.444. The zero-order chi connectivity index (χ0) is 30.2. The summed E-state index contributed by atoms with van der Waals surface area (Å²) < 4.78 is 9.18. The van der Waals surface area contributed by atoms with E-state index in [1.807, 2.05) is 6.20 Å². The molecule has 1 unspecified atom stereocenters. The third-order valence-electron chi connectivity index (χ3n) is 9.43. The highest BCUT2D eigenvalue weighted by molar-refractivity contribution is 6.74. The molecule has 0 saturated heterocycles. The van der Waals surface area contributed by atoms with Gasteiger partial charge in [-0.05, 0) is 71.3 Å². The van der Waals surface area contributed by atoms with Crippen molar-refractivity contribution in [1.29, 1.82) is 0 Å². The Labute approximate surface area is 261 Å². The van der Waals surface area contributed by atoms with Gasteiger partial charge >= 0.3 is 0 Å². The molecule has 0 aliphatic heterocycles. The van der Waals surface area contributed by atoms with Crippen LogP contribution >= 0.6 is 11.6 Å². The van der Waals surface area contributed by atoms with Gasteiger partial charge in [0, 0.05) is 17.9 Å². The van der Waals surface area contributed by atoms with Crippen LogP contribution in [0.15, 0.2) is 109 Å². The number of fused-ring (bicyclic) bond motifs is 1. The van der Waals surface area contributed by atoms with Gasteiger partial charge in [0.15, 0.2) is 8.32 Å². The van der Waals surface area contributed by atoms with Crippen molar-refractivity contribution >= 4 is 36.5 Å². The molecular formula is C37H40ClN3OSi. The fraction of sp³-hybridized carbons (Fsp3) is 0.297. The number of benzene rings is 3. The first-order chi connectivity index (χ1) is 20.6. The van der Waals surface area contributed by atoms with Crippen LogP contribution in [0.1, 0.15) is 62.3 Å². The normalized spacial score (nSPS) is 16.3. The maximum Gasteiger partial charge on any atom is 0.223 e. The third kappa shape index (κ3) is 5.39. The number of hydrogen-bond donors (Lipinski definition) is 0. The van der Waals surface area contributed by atoms with E-state index in [4.69, 9.17) is 21.0 Å². The molecule has 2 aromatic heterocycles. The molecule has 1 aliphatic rings. The maximum absolute atomic E-state index is 6.81. The summed E-state index contributed by atoms with van der Waals surface area (Å²) >= 11 is 6.48. The maximum atomic E-state index is 6.81. The Kier molecular flexibility index (Phi) is 7.93. The number of halogens is 1. The molecule has 0 N–H and O–H groups in total. The van der Waals surface area contributed by atoms with Crippen LogP contribution in [0.5, 0.6) is 0 Å². The average molecular weight is 606 g/mol. The Morgan fingerprint density at radius 1 is 0.837 bits per heavy atom. The molecule has 1 aliphatic carbocycles. The second-order valence-electron chi connectivity index (χ2n) is 13.1. The van der Waals surface area contributed by atoms with Gasteiger partial charge < -0.3 is 8.99 Å². The molecule has 5 aromatic rings. The van der Waals surface area contributed by atoms with E-state index in [-0.39, 0.29) is 16.4 Å². The first-order valence-corrected chi connectivity index (χ1v) is 18.5. The molecule has 6 heteroatoms. The first-order valence-electron chi connectivity index (χ1n) is 15.2. The smallest absolute Gasteiger partial charge is 0.223 e. The van der Waals surface area contributed by atoms with Crippen molar-refractivity contribution in [3.05, 3.63) is 137 Å². The number of aromatic nitrogens is 3. The lowest BCUT2D eigenvalue weighted by atomic mass is 9.76. The van der Waals surface area contributed by atoms with E-state index < -0.39 is 13.9 Å². The molecule has 0 bridgehead atoms. The Hall–Kier alpha value is -3.51. The lowest BCUT2D eigenvalue weighted by Gasteiger charge is -2.40. The van der Waals surface area contributed by atoms with Gasteiger partial charge in [0.25, 0.3) is 0 Å². The zero-order valence-corrected chi connectivity index (χ0v) is 27.5. The van der Waals surface area contributed by atoms with Crippen molar-refractivity contribution in [1.82, 2.24) is 14.5 Å².